The normalized spacial score (nSPS) is 11.7. The molecule has 2 aromatic carbocycles. The van der Waals surface area contributed by atoms with Crippen LogP contribution in [0.4, 0.5) is 0 Å². The first-order valence-electron chi connectivity index (χ1n) is 5.34. The van der Waals surface area contributed by atoms with E-state index in [0.29, 0.717) is 31.2 Å². The van der Waals surface area contributed by atoms with Crippen LogP contribution in [0.2, 0.25) is 20.1 Å². The fourth-order valence-electron chi connectivity index (χ4n) is 1.75. The van der Waals surface area contributed by atoms with Gasteiger partial charge in [-0.15, -0.1) is 0 Å². The zero-order valence-electron chi connectivity index (χ0n) is 10.1. The summed E-state index contributed by atoms with van der Waals surface area (Å²) in [5.74, 6) is 0. The average Bonchev–Trinajstić information content (AvgIpc) is 2.33. The summed E-state index contributed by atoms with van der Waals surface area (Å²) < 4.78 is 23.8. The van der Waals surface area contributed by atoms with Crippen LogP contribution in [0.15, 0.2) is 35.2 Å². The monoisotopic (exact) mass is 368 g/mol. The lowest BCUT2D eigenvalue weighted by Crippen LogP contribution is -2.00. The second kappa shape index (κ2) is 5.74. The highest BCUT2D eigenvalue weighted by Crippen LogP contribution is 2.38. The van der Waals surface area contributed by atoms with Gasteiger partial charge in [-0.25, -0.2) is 8.42 Å². The van der Waals surface area contributed by atoms with Crippen LogP contribution in [0.25, 0.3) is 11.1 Å². The zero-order valence-corrected chi connectivity index (χ0v) is 14.0. The van der Waals surface area contributed by atoms with Gasteiger partial charge >= 0.3 is 0 Å². The van der Waals surface area contributed by atoms with Crippen molar-refractivity contribution in [2.24, 2.45) is 0 Å². The van der Waals surface area contributed by atoms with E-state index in [1.54, 1.807) is 12.1 Å². The number of halogens is 4. The molecule has 0 saturated heterocycles. The number of hydrogen-bond acceptors (Lipinski definition) is 2. The number of benzene rings is 2. The highest BCUT2D eigenvalue weighted by atomic mass is 35.5. The minimum Gasteiger partial charge on any atom is -0.224 e. The Hall–Kier alpha value is -0.450. The quantitative estimate of drug-likeness (QED) is 0.666. The molecule has 0 heterocycles. The molecular formula is C13H8Cl4O2S. The van der Waals surface area contributed by atoms with Crippen LogP contribution in [-0.2, 0) is 9.84 Å². The smallest absolute Gasteiger partial charge is 0.176 e. The van der Waals surface area contributed by atoms with Gasteiger partial charge in [0.2, 0.25) is 0 Å². The lowest BCUT2D eigenvalue weighted by Gasteiger charge is -2.11. The molecule has 0 radical (unpaired) electrons. The van der Waals surface area contributed by atoms with Gasteiger partial charge in [0.15, 0.2) is 9.84 Å². The topological polar surface area (TPSA) is 34.1 Å². The van der Waals surface area contributed by atoms with Gasteiger partial charge < -0.3 is 0 Å². The van der Waals surface area contributed by atoms with E-state index >= 15 is 0 Å². The van der Waals surface area contributed by atoms with Crippen molar-refractivity contribution in [2.45, 2.75) is 4.90 Å². The zero-order chi connectivity index (χ0) is 15.1. The lowest BCUT2D eigenvalue weighted by molar-refractivity contribution is 0.602. The van der Waals surface area contributed by atoms with Gasteiger partial charge in [0.25, 0.3) is 0 Å². The Morgan fingerprint density at radius 2 is 1.40 bits per heavy atom. The molecule has 2 nitrogen and oxygen atoms in total. The lowest BCUT2D eigenvalue weighted by atomic mass is 10.1. The fourth-order valence-corrected chi connectivity index (χ4v) is 3.56. The standard InChI is InChI=1S/C13H8Cl4O2S/c1-20(18,19)13-4-7(14)2-3-8(13)9-5-11(16)12(17)6-10(9)15/h2-6H,1H3. The minimum absolute atomic E-state index is 0.0882. The predicted octanol–water partition coefficient (Wildman–Crippen LogP) is 5.37. The Morgan fingerprint density at radius 1 is 0.800 bits per heavy atom. The molecule has 7 heteroatoms. The van der Waals surface area contributed by atoms with E-state index in [-0.39, 0.29) is 4.90 Å². The molecule has 0 aliphatic carbocycles. The molecule has 0 fully saturated rings. The molecule has 0 aromatic heterocycles. The second-order valence-electron chi connectivity index (χ2n) is 4.16. The van der Waals surface area contributed by atoms with Crippen molar-refractivity contribution in [3.8, 4) is 11.1 Å². The number of hydrogen-bond donors (Lipinski definition) is 0. The minimum atomic E-state index is -3.46. The summed E-state index contributed by atoms with van der Waals surface area (Å²) in [7, 11) is -3.46. The summed E-state index contributed by atoms with van der Waals surface area (Å²) in [5, 5.41) is 1.23. The van der Waals surface area contributed by atoms with Crippen molar-refractivity contribution in [3.05, 3.63) is 50.4 Å². The third-order valence-electron chi connectivity index (χ3n) is 2.64. The number of rotatable bonds is 2. The molecule has 0 amide bonds. The molecule has 0 spiro atoms. The molecule has 0 bridgehead atoms. The summed E-state index contributed by atoms with van der Waals surface area (Å²) in [5.41, 5.74) is 0.915. The Bertz CT molecular complexity index is 785. The van der Waals surface area contributed by atoms with Crippen LogP contribution in [0.1, 0.15) is 0 Å². The van der Waals surface area contributed by atoms with Gasteiger partial charge in [-0.1, -0.05) is 52.5 Å². The van der Waals surface area contributed by atoms with Crippen molar-refractivity contribution in [3.63, 3.8) is 0 Å². The van der Waals surface area contributed by atoms with Gasteiger partial charge in [0, 0.05) is 22.4 Å². The molecule has 0 aliphatic heterocycles. The van der Waals surface area contributed by atoms with Crippen molar-refractivity contribution in [1.82, 2.24) is 0 Å². The summed E-state index contributed by atoms with van der Waals surface area (Å²) in [4.78, 5) is 0.0882. The van der Waals surface area contributed by atoms with E-state index in [0.717, 1.165) is 6.26 Å². The van der Waals surface area contributed by atoms with E-state index in [4.69, 9.17) is 46.4 Å². The van der Waals surface area contributed by atoms with E-state index in [1.807, 2.05) is 0 Å². The van der Waals surface area contributed by atoms with Crippen molar-refractivity contribution in [2.75, 3.05) is 6.26 Å². The highest BCUT2D eigenvalue weighted by molar-refractivity contribution is 7.90. The highest BCUT2D eigenvalue weighted by Gasteiger charge is 2.18. The van der Waals surface area contributed by atoms with Crippen LogP contribution in [-0.4, -0.2) is 14.7 Å². The van der Waals surface area contributed by atoms with Gasteiger partial charge in [0.1, 0.15) is 0 Å². The van der Waals surface area contributed by atoms with Crippen LogP contribution < -0.4 is 0 Å². The molecule has 106 valence electrons. The first-order chi connectivity index (χ1) is 9.20. The van der Waals surface area contributed by atoms with Gasteiger partial charge in [0.05, 0.1) is 20.0 Å². The van der Waals surface area contributed by atoms with Gasteiger partial charge in [-0.2, -0.15) is 0 Å². The molecule has 2 rings (SSSR count). The fraction of sp³-hybridized carbons (Fsp3) is 0.0769. The maximum Gasteiger partial charge on any atom is 0.176 e. The van der Waals surface area contributed by atoms with E-state index in [1.165, 1.54) is 18.2 Å². The summed E-state index contributed by atoms with van der Waals surface area (Å²) in [6.07, 6.45) is 1.10. The van der Waals surface area contributed by atoms with E-state index in [2.05, 4.69) is 0 Å². The maximum atomic E-state index is 11.9. The third kappa shape index (κ3) is 3.23. The summed E-state index contributed by atoms with van der Waals surface area (Å²) in [6.45, 7) is 0. The maximum absolute atomic E-state index is 11.9. The van der Waals surface area contributed by atoms with Crippen LogP contribution in [0.3, 0.4) is 0 Å². The Kier molecular flexibility index (Phi) is 4.57. The van der Waals surface area contributed by atoms with Gasteiger partial charge in [-0.3, -0.25) is 0 Å². The van der Waals surface area contributed by atoms with Crippen molar-refractivity contribution >= 4 is 56.2 Å². The first-order valence-corrected chi connectivity index (χ1v) is 8.75. The van der Waals surface area contributed by atoms with Gasteiger partial charge in [-0.05, 0) is 24.3 Å². The molecule has 0 unspecified atom stereocenters. The molecule has 0 atom stereocenters. The Labute approximate surface area is 137 Å². The summed E-state index contributed by atoms with van der Waals surface area (Å²) in [6, 6.07) is 7.56. The van der Waals surface area contributed by atoms with E-state index < -0.39 is 9.84 Å². The Morgan fingerprint density at radius 3 is 2.00 bits per heavy atom. The SMILES string of the molecule is CS(=O)(=O)c1cc(Cl)ccc1-c1cc(Cl)c(Cl)cc1Cl. The van der Waals surface area contributed by atoms with Crippen molar-refractivity contribution < 1.29 is 8.42 Å². The third-order valence-corrected chi connectivity index (χ3v) is 5.05. The van der Waals surface area contributed by atoms with Crippen LogP contribution >= 0.6 is 46.4 Å². The number of sulfone groups is 1. The first kappa shape index (κ1) is 15.9. The summed E-state index contributed by atoms with van der Waals surface area (Å²) >= 11 is 23.8. The predicted molar refractivity (Wildman–Crippen MR) is 85.0 cm³/mol. The van der Waals surface area contributed by atoms with Crippen molar-refractivity contribution in [1.29, 1.82) is 0 Å². The Balaban J connectivity index is 2.80. The molecule has 2 aromatic rings. The second-order valence-corrected chi connectivity index (χ2v) is 7.80. The molecule has 0 saturated carbocycles. The van der Waals surface area contributed by atoms with Crippen LogP contribution in [0, 0.1) is 0 Å². The molecule has 20 heavy (non-hydrogen) atoms. The molecule has 0 N–H and O–H groups in total. The molecular weight excluding hydrogens is 362 g/mol. The largest absolute Gasteiger partial charge is 0.224 e. The van der Waals surface area contributed by atoms with Crippen LogP contribution in [0.5, 0.6) is 0 Å². The van der Waals surface area contributed by atoms with E-state index in [9.17, 15) is 8.42 Å². The molecule has 0 aliphatic rings. The average molecular weight is 370 g/mol.